The number of nitrogens with one attached hydrogen (secondary N) is 1. The molecule has 27 heavy (non-hydrogen) atoms. The fourth-order valence-corrected chi connectivity index (χ4v) is 2.12. The molecule has 0 aliphatic rings. The number of halogens is 1. The molecule has 0 saturated heterocycles. The lowest BCUT2D eigenvalue weighted by Crippen LogP contribution is -2.23. The second kappa shape index (κ2) is 9.39. The van der Waals surface area contributed by atoms with Crippen LogP contribution in [0.5, 0.6) is 11.5 Å². The third kappa shape index (κ3) is 6.15. The summed E-state index contributed by atoms with van der Waals surface area (Å²) in [6.07, 6.45) is 0. The summed E-state index contributed by atoms with van der Waals surface area (Å²) in [4.78, 5) is 33.6. The maximum Gasteiger partial charge on any atom is 0.344 e. The highest BCUT2D eigenvalue weighted by molar-refractivity contribution is 6.32. The fraction of sp³-hybridized carbons (Fsp3) is 0.176. The van der Waals surface area contributed by atoms with Crippen molar-refractivity contribution in [3.05, 3.63) is 57.6 Å². The lowest BCUT2D eigenvalue weighted by molar-refractivity contribution is -0.384. The number of hydrogen-bond donors (Lipinski definition) is 1. The molecule has 0 atom stereocenters. The van der Waals surface area contributed by atoms with Crippen LogP contribution in [0.3, 0.4) is 0 Å². The maximum atomic E-state index is 11.8. The van der Waals surface area contributed by atoms with Gasteiger partial charge in [0.1, 0.15) is 16.5 Å². The second-order valence-electron chi connectivity index (χ2n) is 5.10. The molecule has 0 heterocycles. The fourth-order valence-electron chi connectivity index (χ4n) is 1.93. The normalized spacial score (nSPS) is 10.0. The first kappa shape index (κ1) is 20.0. The summed E-state index contributed by atoms with van der Waals surface area (Å²) in [5.41, 5.74) is -0.194. The van der Waals surface area contributed by atoms with Gasteiger partial charge in [-0.25, -0.2) is 4.79 Å². The zero-order chi connectivity index (χ0) is 19.8. The minimum atomic E-state index is -0.747. The Hall–Kier alpha value is -3.33. The Bertz CT molecular complexity index is 840. The zero-order valence-corrected chi connectivity index (χ0v) is 14.9. The molecular formula is C17H15ClN2O7. The third-order valence-electron chi connectivity index (χ3n) is 3.21. The molecule has 0 spiro atoms. The smallest absolute Gasteiger partial charge is 0.344 e. The Morgan fingerprint density at radius 3 is 2.41 bits per heavy atom. The first-order chi connectivity index (χ1) is 12.9. The standard InChI is InChI=1S/C17H15ClN2O7/c1-25-12-3-5-13(6-4-12)26-10-17(22)27-9-16(21)19-11-2-7-14(18)15(8-11)20(23)24/h2-8H,9-10H2,1H3,(H,19,21). The molecule has 2 rings (SSSR count). The van der Waals surface area contributed by atoms with Crippen LogP contribution in [0.15, 0.2) is 42.5 Å². The topological polar surface area (TPSA) is 117 Å². The third-order valence-corrected chi connectivity index (χ3v) is 3.53. The lowest BCUT2D eigenvalue weighted by Gasteiger charge is -2.08. The van der Waals surface area contributed by atoms with Gasteiger partial charge in [-0.3, -0.25) is 14.9 Å². The quantitative estimate of drug-likeness (QED) is 0.415. The highest BCUT2D eigenvalue weighted by Gasteiger charge is 2.15. The number of carbonyl (C=O) groups is 2. The van der Waals surface area contributed by atoms with Crippen molar-refractivity contribution in [1.29, 1.82) is 0 Å². The number of nitrogens with zero attached hydrogens (tertiary/aromatic N) is 1. The molecular weight excluding hydrogens is 380 g/mol. The van der Waals surface area contributed by atoms with Gasteiger partial charge in [-0.15, -0.1) is 0 Å². The number of nitro benzene ring substituents is 1. The number of benzene rings is 2. The number of rotatable bonds is 8. The Morgan fingerprint density at radius 2 is 1.78 bits per heavy atom. The summed E-state index contributed by atoms with van der Waals surface area (Å²) in [6.45, 7) is -0.951. The number of hydrogen-bond acceptors (Lipinski definition) is 7. The molecule has 9 nitrogen and oxygen atoms in total. The summed E-state index contributed by atoms with van der Waals surface area (Å²) >= 11 is 5.69. The average molecular weight is 395 g/mol. The zero-order valence-electron chi connectivity index (χ0n) is 14.1. The predicted octanol–water partition coefficient (Wildman–Crippen LogP) is 2.82. The van der Waals surface area contributed by atoms with Gasteiger partial charge in [0.25, 0.3) is 11.6 Å². The Morgan fingerprint density at radius 1 is 1.11 bits per heavy atom. The number of methoxy groups -OCH3 is 1. The molecule has 10 heteroatoms. The van der Waals surface area contributed by atoms with E-state index in [0.717, 1.165) is 6.07 Å². The Balaban J connectivity index is 1.78. The summed E-state index contributed by atoms with van der Waals surface area (Å²) in [5.74, 6) is -0.331. The monoisotopic (exact) mass is 394 g/mol. The number of esters is 1. The highest BCUT2D eigenvalue weighted by Crippen LogP contribution is 2.27. The van der Waals surface area contributed by atoms with E-state index in [4.69, 9.17) is 25.8 Å². The minimum absolute atomic E-state index is 0.0555. The van der Waals surface area contributed by atoms with Gasteiger partial charge in [0, 0.05) is 11.8 Å². The van der Waals surface area contributed by atoms with Gasteiger partial charge in [0.05, 0.1) is 12.0 Å². The molecule has 142 valence electrons. The summed E-state index contributed by atoms with van der Waals surface area (Å²) < 4.78 is 15.0. The molecule has 1 amide bonds. The van der Waals surface area contributed by atoms with E-state index in [1.807, 2.05) is 0 Å². The van der Waals surface area contributed by atoms with Crippen LogP contribution in [-0.2, 0) is 14.3 Å². The van der Waals surface area contributed by atoms with Crippen molar-refractivity contribution in [1.82, 2.24) is 0 Å². The minimum Gasteiger partial charge on any atom is -0.497 e. The van der Waals surface area contributed by atoms with Crippen LogP contribution < -0.4 is 14.8 Å². The molecule has 0 aromatic heterocycles. The molecule has 0 aliphatic heterocycles. The van der Waals surface area contributed by atoms with Crippen molar-refractivity contribution in [3.8, 4) is 11.5 Å². The number of amides is 1. The number of ether oxygens (including phenoxy) is 3. The number of carbonyl (C=O) groups excluding carboxylic acids is 2. The van der Waals surface area contributed by atoms with E-state index in [1.54, 1.807) is 24.3 Å². The van der Waals surface area contributed by atoms with Crippen LogP contribution in [0.4, 0.5) is 11.4 Å². The molecule has 0 bridgehead atoms. The van der Waals surface area contributed by atoms with Crippen molar-refractivity contribution in [2.24, 2.45) is 0 Å². The molecule has 1 N–H and O–H groups in total. The molecule has 2 aromatic carbocycles. The van der Waals surface area contributed by atoms with Gasteiger partial charge in [-0.1, -0.05) is 11.6 Å². The van der Waals surface area contributed by atoms with E-state index in [1.165, 1.54) is 19.2 Å². The van der Waals surface area contributed by atoms with Crippen molar-refractivity contribution >= 4 is 34.9 Å². The van der Waals surface area contributed by atoms with E-state index in [2.05, 4.69) is 5.32 Å². The van der Waals surface area contributed by atoms with Gasteiger partial charge >= 0.3 is 5.97 Å². The van der Waals surface area contributed by atoms with E-state index in [-0.39, 0.29) is 23.0 Å². The SMILES string of the molecule is COc1ccc(OCC(=O)OCC(=O)Nc2ccc(Cl)c([N+](=O)[O-])c2)cc1. The Kier molecular flexibility index (Phi) is 6.95. The summed E-state index contributed by atoms with van der Waals surface area (Å²) in [6, 6.07) is 10.3. The molecule has 0 fully saturated rings. The predicted molar refractivity (Wildman–Crippen MR) is 96.2 cm³/mol. The van der Waals surface area contributed by atoms with E-state index in [0.29, 0.717) is 11.5 Å². The van der Waals surface area contributed by atoms with Crippen molar-refractivity contribution < 1.29 is 28.7 Å². The van der Waals surface area contributed by atoms with Crippen LogP contribution in [0.25, 0.3) is 0 Å². The van der Waals surface area contributed by atoms with Crippen molar-refractivity contribution in [3.63, 3.8) is 0 Å². The molecule has 0 saturated carbocycles. The van der Waals surface area contributed by atoms with Crippen molar-refractivity contribution in [2.45, 2.75) is 0 Å². The lowest BCUT2D eigenvalue weighted by atomic mass is 10.3. The second-order valence-corrected chi connectivity index (χ2v) is 5.50. The summed E-state index contributed by atoms with van der Waals surface area (Å²) in [5, 5.41) is 13.1. The van der Waals surface area contributed by atoms with Crippen LogP contribution in [0.2, 0.25) is 5.02 Å². The van der Waals surface area contributed by atoms with Crippen LogP contribution >= 0.6 is 11.6 Å². The van der Waals surface area contributed by atoms with Crippen molar-refractivity contribution in [2.75, 3.05) is 25.6 Å². The average Bonchev–Trinajstić information content (AvgIpc) is 2.66. The van der Waals surface area contributed by atoms with Gasteiger partial charge in [-0.05, 0) is 36.4 Å². The molecule has 0 radical (unpaired) electrons. The van der Waals surface area contributed by atoms with Gasteiger partial charge in [0.15, 0.2) is 13.2 Å². The largest absolute Gasteiger partial charge is 0.497 e. The van der Waals surface area contributed by atoms with Gasteiger partial charge in [0.2, 0.25) is 0 Å². The van der Waals surface area contributed by atoms with Crippen LogP contribution in [0.1, 0.15) is 0 Å². The van der Waals surface area contributed by atoms with Crippen LogP contribution in [-0.4, -0.2) is 37.1 Å². The first-order valence-electron chi connectivity index (χ1n) is 7.55. The maximum absolute atomic E-state index is 11.8. The van der Waals surface area contributed by atoms with Gasteiger partial charge in [-0.2, -0.15) is 0 Å². The first-order valence-corrected chi connectivity index (χ1v) is 7.93. The van der Waals surface area contributed by atoms with Gasteiger partial charge < -0.3 is 19.5 Å². The number of anilines is 1. The highest BCUT2D eigenvalue weighted by atomic mass is 35.5. The molecule has 0 unspecified atom stereocenters. The Labute approximate surface area is 158 Å². The summed E-state index contributed by atoms with van der Waals surface area (Å²) in [7, 11) is 1.53. The number of nitro groups is 1. The van der Waals surface area contributed by atoms with Crippen LogP contribution in [0, 0.1) is 10.1 Å². The molecule has 0 aliphatic carbocycles. The van der Waals surface area contributed by atoms with E-state index in [9.17, 15) is 19.7 Å². The molecule has 2 aromatic rings. The van der Waals surface area contributed by atoms with E-state index < -0.39 is 23.4 Å². The van der Waals surface area contributed by atoms with E-state index >= 15 is 0 Å².